The molecular weight excluding hydrogens is 235 g/mol. The molecule has 0 aromatic rings. The Morgan fingerprint density at radius 1 is 1.00 bits per heavy atom. The Morgan fingerprint density at radius 2 is 1.47 bits per heavy atom. The van der Waals surface area contributed by atoms with E-state index in [0.29, 0.717) is 0 Å². The van der Waals surface area contributed by atoms with Crippen molar-refractivity contribution in [3.8, 4) is 0 Å². The number of rotatable bonds is 2. The molecule has 0 radical (unpaired) electrons. The molecule has 4 saturated heterocycles. The van der Waals surface area contributed by atoms with E-state index in [-0.39, 0.29) is 12.4 Å². The maximum atomic E-state index is 5.61. The van der Waals surface area contributed by atoms with Crippen LogP contribution in [0.4, 0.5) is 0 Å². The molecule has 0 amide bonds. The molecule has 0 N–H and O–H groups in total. The van der Waals surface area contributed by atoms with Crippen molar-refractivity contribution in [1.82, 2.24) is 14.7 Å². The fraction of sp³-hybridized carbons (Fsp3) is 0.778. The summed E-state index contributed by atoms with van der Waals surface area (Å²) in [4.78, 5) is 7.54. The second-order valence-electron chi connectivity index (χ2n) is 4.75. The SMILES string of the molecule is Cl.Cl/C=C\C[N+]12CN3CN(CN(C3)C1)C2. The highest BCUT2D eigenvalue weighted by atomic mass is 35.5. The van der Waals surface area contributed by atoms with Crippen LogP contribution < -0.4 is 0 Å². The van der Waals surface area contributed by atoms with E-state index in [9.17, 15) is 0 Å². The van der Waals surface area contributed by atoms with Gasteiger partial charge in [0.15, 0.2) is 0 Å². The summed E-state index contributed by atoms with van der Waals surface area (Å²) in [5, 5.41) is 0. The first kappa shape index (κ1) is 11.6. The van der Waals surface area contributed by atoms with E-state index < -0.39 is 0 Å². The highest BCUT2D eigenvalue weighted by Crippen LogP contribution is 2.28. The molecule has 6 heteroatoms. The van der Waals surface area contributed by atoms with E-state index in [0.717, 1.165) is 31.0 Å². The first-order valence-corrected chi connectivity index (χ1v) is 5.51. The molecule has 4 fully saturated rings. The van der Waals surface area contributed by atoms with E-state index in [1.54, 1.807) is 5.54 Å². The van der Waals surface area contributed by atoms with Crippen molar-refractivity contribution in [3.05, 3.63) is 11.6 Å². The summed E-state index contributed by atoms with van der Waals surface area (Å²) in [7, 11) is 0. The molecule has 0 aromatic carbocycles. The smallest absolute Gasteiger partial charge is 0.139 e. The Labute approximate surface area is 102 Å². The highest BCUT2D eigenvalue weighted by molar-refractivity contribution is 6.25. The van der Waals surface area contributed by atoms with E-state index in [1.807, 2.05) is 0 Å². The first-order chi connectivity index (χ1) is 6.80. The van der Waals surface area contributed by atoms with Gasteiger partial charge in [-0.1, -0.05) is 11.6 Å². The van der Waals surface area contributed by atoms with Crippen LogP contribution in [0.15, 0.2) is 11.6 Å². The van der Waals surface area contributed by atoms with Crippen molar-refractivity contribution < 1.29 is 4.48 Å². The lowest BCUT2D eigenvalue weighted by atomic mass is 10.3. The average Bonchev–Trinajstić information content (AvgIpc) is 2.12. The lowest BCUT2D eigenvalue weighted by molar-refractivity contribution is -0.975. The Morgan fingerprint density at radius 3 is 1.87 bits per heavy atom. The lowest BCUT2D eigenvalue weighted by Crippen LogP contribution is -2.79. The van der Waals surface area contributed by atoms with Crippen LogP contribution >= 0.6 is 24.0 Å². The molecule has 0 unspecified atom stereocenters. The standard InChI is InChI=1S/C9H16ClN4.ClH/c10-2-1-3-14-7-11-4-12(8-14)6-13(5-11)9-14;/h1-2H,3-9H2;1H/q+1;/b2-1-;. The Bertz CT molecular complexity index is 234. The lowest BCUT2D eigenvalue weighted by Gasteiger charge is -2.60. The number of hydrogen-bond acceptors (Lipinski definition) is 3. The van der Waals surface area contributed by atoms with Gasteiger partial charge >= 0.3 is 0 Å². The molecule has 15 heavy (non-hydrogen) atoms. The molecule has 0 aliphatic carbocycles. The molecule has 0 saturated carbocycles. The number of halogens is 2. The van der Waals surface area contributed by atoms with Crippen LogP contribution in [0, 0.1) is 0 Å². The molecule has 4 heterocycles. The number of nitrogens with zero attached hydrogens (tertiary/aromatic N) is 4. The third-order valence-corrected chi connectivity index (χ3v) is 3.46. The van der Waals surface area contributed by atoms with Crippen molar-refractivity contribution in [3.63, 3.8) is 0 Å². The fourth-order valence-corrected chi connectivity index (χ4v) is 3.17. The van der Waals surface area contributed by atoms with Crippen LogP contribution in [0.1, 0.15) is 0 Å². The summed E-state index contributed by atoms with van der Waals surface area (Å²) < 4.78 is 1.14. The minimum Gasteiger partial charge on any atom is -0.283 e. The molecule has 0 atom stereocenters. The van der Waals surface area contributed by atoms with Crippen molar-refractivity contribution in [2.75, 3.05) is 46.6 Å². The summed E-state index contributed by atoms with van der Waals surface area (Å²) in [5.41, 5.74) is 1.65. The van der Waals surface area contributed by atoms with Gasteiger partial charge in [0.1, 0.15) is 26.6 Å². The number of quaternary nitrogens is 1. The summed E-state index contributed by atoms with van der Waals surface area (Å²) in [5.74, 6) is 0. The van der Waals surface area contributed by atoms with Crippen LogP contribution in [0.2, 0.25) is 0 Å². The average molecular weight is 252 g/mol. The minimum absolute atomic E-state index is 0. The third-order valence-electron chi connectivity index (χ3n) is 3.28. The van der Waals surface area contributed by atoms with E-state index in [1.165, 1.54) is 20.0 Å². The fourth-order valence-electron chi connectivity index (χ4n) is 3.09. The highest BCUT2D eigenvalue weighted by Gasteiger charge is 2.47. The molecule has 4 nitrogen and oxygen atoms in total. The van der Waals surface area contributed by atoms with Crippen LogP contribution in [0.5, 0.6) is 0 Å². The Balaban J connectivity index is 0.000000853. The molecule has 4 aliphatic heterocycles. The number of hydrogen-bond donors (Lipinski definition) is 0. The molecule has 86 valence electrons. The van der Waals surface area contributed by atoms with Gasteiger partial charge in [0.2, 0.25) is 0 Å². The first-order valence-electron chi connectivity index (χ1n) is 5.07. The summed E-state index contributed by atoms with van der Waals surface area (Å²) in [6.45, 7) is 8.09. The monoisotopic (exact) mass is 251 g/mol. The van der Waals surface area contributed by atoms with Crippen molar-refractivity contribution >= 4 is 24.0 Å². The van der Waals surface area contributed by atoms with Gasteiger partial charge in [-0.25, -0.2) is 14.7 Å². The van der Waals surface area contributed by atoms with Gasteiger partial charge in [-0.15, -0.1) is 12.4 Å². The van der Waals surface area contributed by atoms with Gasteiger partial charge in [-0.3, -0.25) is 4.48 Å². The maximum absolute atomic E-state index is 5.61. The zero-order chi connectivity index (χ0) is 9.60. The summed E-state index contributed by atoms with van der Waals surface area (Å²) >= 11 is 5.61. The summed E-state index contributed by atoms with van der Waals surface area (Å²) in [6.07, 6.45) is 2.08. The molecule has 0 spiro atoms. The molecule has 4 rings (SSSR count). The Hall–Kier alpha value is 0.160. The van der Waals surface area contributed by atoms with Gasteiger partial charge in [-0.2, -0.15) is 0 Å². The third kappa shape index (κ3) is 2.02. The summed E-state index contributed by atoms with van der Waals surface area (Å²) in [6, 6.07) is 0. The van der Waals surface area contributed by atoms with Crippen molar-refractivity contribution in [1.29, 1.82) is 0 Å². The molecule has 4 bridgehead atoms. The van der Waals surface area contributed by atoms with E-state index >= 15 is 0 Å². The van der Waals surface area contributed by atoms with Crippen LogP contribution in [0.3, 0.4) is 0 Å². The quantitative estimate of drug-likeness (QED) is 0.669. The zero-order valence-electron chi connectivity index (χ0n) is 8.68. The topological polar surface area (TPSA) is 9.72 Å². The van der Waals surface area contributed by atoms with E-state index in [2.05, 4.69) is 20.8 Å². The van der Waals surface area contributed by atoms with Gasteiger partial charge in [0.25, 0.3) is 0 Å². The van der Waals surface area contributed by atoms with Gasteiger partial charge < -0.3 is 0 Å². The van der Waals surface area contributed by atoms with Gasteiger partial charge in [0.05, 0.1) is 20.0 Å². The zero-order valence-corrected chi connectivity index (χ0v) is 10.3. The predicted octanol–water partition coefficient (Wildman–Crippen LogP) is 0.669. The van der Waals surface area contributed by atoms with Crippen LogP contribution in [0.25, 0.3) is 0 Å². The second-order valence-corrected chi connectivity index (χ2v) is 5.00. The normalized spacial score (nSPS) is 47.1. The van der Waals surface area contributed by atoms with Gasteiger partial charge in [0, 0.05) is 5.54 Å². The molecule has 4 aliphatic rings. The largest absolute Gasteiger partial charge is 0.283 e. The van der Waals surface area contributed by atoms with Crippen LogP contribution in [-0.4, -0.2) is 65.7 Å². The Kier molecular flexibility index (Phi) is 3.26. The van der Waals surface area contributed by atoms with Crippen LogP contribution in [-0.2, 0) is 0 Å². The van der Waals surface area contributed by atoms with E-state index in [4.69, 9.17) is 11.6 Å². The van der Waals surface area contributed by atoms with Gasteiger partial charge in [-0.05, 0) is 6.08 Å². The maximum Gasteiger partial charge on any atom is 0.139 e. The minimum atomic E-state index is 0. The second kappa shape index (κ2) is 4.20. The molecule has 0 aromatic heterocycles. The predicted molar refractivity (Wildman–Crippen MR) is 62.1 cm³/mol. The molecular formula is C9H17Cl2N4+. The van der Waals surface area contributed by atoms with Crippen molar-refractivity contribution in [2.24, 2.45) is 0 Å². The van der Waals surface area contributed by atoms with Crippen molar-refractivity contribution in [2.45, 2.75) is 0 Å².